The Kier molecular flexibility index (Phi) is 25.7. The number of aromatic amines is 2. The van der Waals surface area contributed by atoms with Gasteiger partial charge in [0.25, 0.3) is 5.65 Å². The number of pyridine rings is 1. The van der Waals surface area contributed by atoms with Gasteiger partial charge in [0.05, 0.1) is 62.2 Å². The fraction of sp³-hybridized carbons (Fsp3) is 0.427. The molecule has 10 N–H and O–H groups in total. The van der Waals surface area contributed by atoms with E-state index >= 15 is 0 Å². The van der Waals surface area contributed by atoms with E-state index in [2.05, 4.69) is 64.7 Å². The lowest BCUT2D eigenvalue weighted by atomic mass is 9.88. The number of nitrogens with one attached hydrogen (secondary N) is 8. The van der Waals surface area contributed by atoms with E-state index < -0.39 is 120 Å². The van der Waals surface area contributed by atoms with Gasteiger partial charge in [-0.25, -0.2) is 13.5 Å². The second-order valence-corrected chi connectivity index (χ2v) is 27.2. The maximum absolute atomic E-state index is 14.4. The molecule has 0 saturated carbocycles. The second-order valence-electron chi connectivity index (χ2n) is 27.2. The first-order valence-corrected chi connectivity index (χ1v) is 34.8. The van der Waals surface area contributed by atoms with E-state index in [4.69, 9.17) is 0 Å². The van der Waals surface area contributed by atoms with Gasteiger partial charge in [0.15, 0.2) is 17.8 Å². The number of unbranched alkanes of at least 4 members (excludes halogenated alkanes) is 2. The smallest absolute Gasteiger partial charge is 0.307 e. The largest absolute Gasteiger partial charge is 0.513 e. The Morgan fingerprint density at radius 1 is 0.529 bits per heavy atom. The van der Waals surface area contributed by atoms with Gasteiger partial charge in [0.1, 0.15) is 42.8 Å². The van der Waals surface area contributed by atoms with Crippen LogP contribution < -0.4 is 41.0 Å². The van der Waals surface area contributed by atoms with E-state index in [0.29, 0.717) is 38.8 Å². The third kappa shape index (κ3) is 19.3. The fourth-order valence-electron chi connectivity index (χ4n) is 13.8. The third-order valence-electron chi connectivity index (χ3n) is 18.9. The number of H-pyrrole nitrogens is 2. The highest BCUT2D eigenvalue weighted by Crippen LogP contribution is 2.29. The number of aryl methyl sites for hydroxylation is 2. The Labute approximate surface area is 591 Å². The summed E-state index contributed by atoms with van der Waals surface area (Å²) in [6.45, 7) is 14.7. The number of para-hydroxylation sites is 2. The fourth-order valence-corrected chi connectivity index (χ4v) is 13.8. The summed E-state index contributed by atoms with van der Waals surface area (Å²) in [4.78, 5) is 146. The Hall–Kier alpha value is -11.0. The molecule has 0 unspecified atom stereocenters. The molecule has 0 radical (unpaired) electrons. The molecule has 0 spiro atoms. The summed E-state index contributed by atoms with van der Waals surface area (Å²) in [6, 6.07) is 18.7. The molecule has 8 heterocycles. The minimum absolute atomic E-state index is 0.181. The molecule has 2 fully saturated rings. The summed E-state index contributed by atoms with van der Waals surface area (Å²) in [7, 11) is 3.08. The molecule has 27 nitrogen and oxygen atoms in total. The van der Waals surface area contributed by atoms with Crippen molar-refractivity contribution in [2.75, 3.05) is 27.2 Å². The molecule has 8 aromatic rings. The molecule has 0 aliphatic carbocycles. The number of amides is 8. The number of rotatable bonds is 20. The Morgan fingerprint density at radius 2 is 0.971 bits per heavy atom. The highest BCUT2D eigenvalue weighted by molar-refractivity contribution is 5.99. The topological polar surface area (TPSA) is 351 Å². The monoisotopic (exact) mass is 1400 g/mol. The first-order chi connectivity index (χ1) is 48.8. The van der Waals surface area contributed by atoms with Crippen LogP contribution in [-0.2, 0) is 73.9 Å². The van der Waals surface area contributed by atoms with Gasteiger partial charge < -0.3 is 61.9 Å². The number of aromatic nitrogens is 7. The van der Waals surface area contributed by atoms with Gasteiger partial charge >= 0.3 is 5.65 Å². The molecule has 540 valence electrons. The maximum atomic E-state index is 14.4. The Bertz CT molecular complexity index is 4100. The van der Waals surface area contributed by atoms with Gasteiger partial charge in [-0.2, -0.15) is 0 Å². The molecule has 2 saturated heterocycles. The minimum atomic E-state index is -1.19. The van der Waals surface area contributed by atoms with E-state index in [1.54, 1.807) is 30.2 Å². The number of carbonyl (C=O) groups excluding carboxylic acids is 10. The molecule has 2 aromatic carbocycles. The average Bonchev–Trinajstić information content (AvgIpc) is 1.65. The lowest BCUT2D eigenvalue weighted by Crippen LogP contribution is -2.57. The van der Waals surface area contributed by atoms with Crippen molar-refractivity contribution in [2.24, 2.45) is 23.7 Å². The molecule has 8 amide bonds. The average molecular weight is 1400 g/mol. The van der Waals surface area contributed by atoms with Crippen LogP contribution in [-0.4, -0.2) is 166 Å². The third-order valence-corrected chi connectivity index (χ3v) is 18.9. The van der Waals surface area contributed by atoms with Crippen molar-refractivity contribution in [3.63, 3.8) is 0 Å². The lowest BCUT2D eigenvalue weighted by Gasteiger charge is -2.34. The number of likely N-dealkylation sites (N-methyl/N-ethyl adjacent to an activating group) is 2. The lowest BCUT2D eigenvalue weighted by molar-refractivity contribution is -0.671. The highest BCUT2D eigenvalue weighted by Gasteiger charge is 2.40. The maximum Gasteiger partial charge on any atom is 0.307 e. The Balaban J connectivity index is 0.000000237. The standard InChI is InChI=1S/C38H47N7O6.C37H46N8O6/c1-24(2)35-37(50)42-30(13-7-9-15-44-17-18-45-16-10-8-14-34(44)45)36(49)40-23-33(48)41-31(19-25(3)46)32(47)21-26(38(51)43(35)4)20-27-22-39-29-12-6-5-11-28(27)29;1-23(2)34-36(50)42-29(12-7-8-15-44-16-17-45-33(44)13-9-14-40-45)35(49)39-22-32(48)41-30(18-24(3)46)31(47)20-25(37(51)43(34)4)19-26-21-38-28-11-6-5-10-27(26)28/h5-6,8,10-12,14,16-18,22,24,26,30-31,35,39H,3,7,9,13,15,19-21,23H2,1-2,4H3,(H3-,40,41,42,46,48,49,50);5-6,9-11,13-14,16-17,21,23,25,29-30,34,38H,3,7-8,12,15,18-20,22H2,1-2,4H3,(H3-,39,41,42,46,48,49,50)/p+2/t26-,30-,31-,35-;25-,29-,30-,34-/m00/s1. The summed E-state index contributed by atoms with van der Waals surface area (Å²) < 4.78 is 7.94. The van der Waals surface area contributed by atoms with Gasteiger partial charge in [-0.15, -0.1) is 4.52 Å². The molecule has 102 heavy (non-hydrogen) atoms. The van der Waals surface area contributed by atoms with Crippen LogP contribution in [0, 0.1) is 23.7 Å². The molecule has 10 rings (SSSR count). The molecular weight excluding hydrogens is 1300 g/mol. The SMILES string of the molecule is C=C(O)C[C@@H]1NC(=O)CNC(=O)[C@H](CCCC[n+]2ccn3ccccc32)NC(=O)[C@H](C(C)C)N(C)C(=O)[C@@H](Cc2c[nH]c3ccccc23)CC1=O.C=C(O)C[C@@H]1NC(=O)CNC(=O)[C@H](CCCC[n+]2ccn3ncccc32)NC(=O)[C@H](C(C)C)N(C)C(=O)[C@@H](Cc2c[nH]c3ccccc23)CC1=O. The molecule has 6 aromatic heterocycles. The number of aliphatic hydroxyl groups is 2. The summed E-state index contributed by atoms with van der Waals surface area (Å²) in [5, 5.41) is 42.3. The van der Waals surface area contributed by atoms with E-state index in [-0.39, 0.29) is 68.3 Å². The van der Waals surface area contributed by atoms with E-state index in [0.717, 1.165) is 50.6 Å². The molecular formula is C75H95N15O12+2. The number of ketones is 2. The van der Waals surface area contributed by atoms with Crippen molar-refractivity contribution >= 4 is 91.9 Å². The number of nitrogens with zero attached hydrogens (tertiary/aromatic N) is 7. The van der Waals surface area contributed by atoms with Crippen molar-refractivity contribution in [1.82, 2.24) is 65.7 Å². The predicted octanol–water partition coefficient (Wildman–Crippen LogP) is 4.88. The number of hydrogen-bond donors (Lipinski definition) is 10. The molecule has 0 bridgehead atoms. The van der Waals surface area contributed by atoms with Gasteiger partial charge in [0, 0.05) is 97.9 Å². The zero-order valence-electron chi connectivity index (χ0n) is 58.7. The Morgan fingerprint density at radius 3 is 1.44 bits per heavy atom. The van der Waals surface area contributed by atoms with Crippen molar-refractivity contribution in [3.05, 3.63) is 164 Å². The molecule has 27 heteroatoms. The van der Waals surface area contributed by atoms with E-state index in [1.165, 1.54) is 16.8 Å². The number of benzene rings is 2. The van der Waals surface area contributed by atoms with Crippen molar-refractivity contribution in [3.8, 4) is 0 Å². The van der Waals surface area contributed by atoms with Gasteiger partial charge in [-0.3, -0.25) is 47.9 Å². The normalized spacial score (nSPS) is 21.3. The molecule has 2 aliphatic heterocycles. The number of aliphatic hydroxyl groups excluding tert-OH is 2. The first-order valence-electron chi connectivity index (χ1n) is 34.8. The number of hydrogen-bond acceptors (Lipinski definition) is 13. The van der Waals surface area contributed by atoms with Crippen LogP contribution in [0.2, 0.25) is 0 Å². The van der Waals surface area contributed by atoms with Crippen molar-refractivity contribution in [1.29, 1.82) is 0 Å². The van der Waals surface area contributed by atoms with Gasteiger partial charge in [-0.05, 0) is 98.6 Å². The summed E-state index contributed by atoms with van der Waals surface area (Å²) in [5.74, 6) is -8.39. The zero-order chi connectivity index (χ0) is 73.3. The summed E-state index contributed by atoms with van der Waals surface area (Å²) >= 11 is 0. The zero-order valence-corrected chi connectivity index (χ0v) is 58.7. The van der Waals surface area contributed by atoms with Crippen LogP contribution in [0.1, 0.15) is 103 Å². The highest BCUT2D eigenvalue weighted by atomic mass is 16.3. The summed E-state index contributed by atoms with van der Waals surface area (Å²) in [6.07, 6.45) is 17.5. The quantitative estimate of drug-likeness (QED) is 0.0277. The van der Waals surface area contributed by atoms with Crippen molar-refractivity contribution < 1.29 is 67.3 Å². The van der Waals surface area contributed by atoms with Crippen LogP contribution >= 0.6 is 0 Å². The minimum Gasteiger partial charge on any atom is -0.513 e. The van der Waals surface area contributed by atoms with E-state index in [1.807, 2.05) is 147 Å². The van der Waals surface area contributed by atoms with E-state index in [9.17, 15) is 58.2 Å². The van der Waals surface area contributed by atoms with Crippen LogP contribution in [0.4, 0.5) is 0 Å². The van der Waals surface area contributed by atoms with Gasteiger partial charge in [-0.1, -0.05) is 88.4 Å². The predicted molar refractivity (Wildman–Crippen MR) is 380 cm³/mol. The number of carbonyl (C=O) groups is 10. The van der Waals surface area contributed by atoms with Crippen LogP contribution in [0.15, 0.2) is 153 Å². The number of imidazole rings is 2. The number of Topliss-reactive ketones (excluding diaryl/α,β-unsaturated/α-hetero) is 2. The van der Waals surface area contributed by atoms with Gasteiger partial charge in [0.2, 0.25) is 47.3 Å². The summed E-state index contributed by atoms with van der Waals surface area (Å²) in [5.41, 5.74) is 5.34. The van der Waals surface area contributed by atoms with Crippen LogP contribution in [0.3, 0.4) is 0 Å². The van der Waals surface area contributed by atoms with Crippen molar-refractivity contribution in [2.45, 2.75) is 154 Å². The first kappa shape index (κ1) is 75.2. The van der Waals surface area contributed by atoms with Crippen LogP contribution in [0.5, 0.6) is 0 Å². The second kappa shape index (κ2) is 34.9. The van der Waals surface area contributed by atoms with Crippen LogP contribution in [0.25, 0.3) is 33.1 Å². The molecule has 2 aliphatic rings. The number of fused-ring (bicyclic) bond motifs is 4. The molecule has 8 atom stereocenters.